The van der Waals surface area contributed by atoms with Crippen molar-refractivity contribution in [2.24, 2.45) is 0 Å². The van der Waals surface area contributed by atoms with E-state index in [9.17, 15) is 18.3 Å². The van der Waals surface area contributed by atoms with Crippen molar-refractivity contribution in [3.63, 3.8) is 0 Å². The molecule has 0 saturated carbocycles. The first-order valence-electron chi connectivity index (χ1n) is 8.02. The first-order chi connectivity index (χ1) is 12.3. The van der Waals surface area contributed by atoms with Crippen LogP contribution in [0.5, 0.6) is 0 Å². The van der Waals surface area contributed by atoms with E-state index in [2.05, 4.69) is 10.0 Å². The van der Waals surface area contributed by atoms with E-state index in [0.717, 1.165) is 11.6 Å². The molecule has 0 saturated heterocycles. The van der Waals surface area contributed by atoms with Crippen molar-refractivity contribution in [3.05, 3.63) is 59.7 Å². The van der Waals surface area contributed by atoms with Gasteiger partial charge in [-0.1, -0.05) is 30.3 Å². The summed E-state index contributed by atoms with van der Waals surface area (Å²) in [5.41, 5.74) is 1.04. The molecule has 2 aromatic carbocycles. The van der Waals surface area contributed by atoms with Gasteiger partial charge in [0.2, 0.25) is 10.0 Å². The number of anilines is 1. The maximum Gasteiger partial charge on any atom is 0.337 e. The fourth-order valence-corrected chi connectivity index (χ4v) is 3.68. The number of aromatic carboxylic acids is 1. The second-order valence-electron chi connectivity index (χ2n) is 5.69. The van der Waals surface area contributed by atoms with Gasteiger partial charge in [-0.05, 0) is 30.7 Å². The molecule has 0 aliphatic heterocycles. The van der Waals surface area contributed by atoms with Gasteiger partial charge in [-0.3, -0.25) is 0 Å². The van der Waals surface area contributed by atoms with Crippen molar-refractivity contribution in [2.45, 2.75) is 17.9 Å². The van der Waals surface area contributed by atoms with Crippen molar-refractivity contribution in [2.75, 3.05) is 25.6 Å². The Hall–Kier alpha value is -2.42. The van der Waals surface area contributed by atoms with Crippen LogP contribution >= 0.6 is 0 Å². The van der Waals surface area contributed by atoms with Crippen LogP contribution in [0.25, 0.3) is 0 Å². The van der Waals surface area contributed by atoms with Crippen LogP contribution in [0.2, 0.25) is 0 Å². The number of carboxylic acid groups (broad SMARTS) is 1. The first-order valence-corrected chi connectivity index (χ1v) is 9.51. The van der Waals surface area contributed by atoms with Gasteiger partial charge in [-0.25, -0.2) is 17.9 Å². The Morgan fingerprint density at radius 1 is 1.19 bits per heavy atom. The van der Waals surface area contributed by atoms with E-state index in [1.54, 1.807) is 6.92 Å². The Bertz CT molecular complexity index is 853. The van der Waals surface area contributed by atoms with Gasteiger partial charge in [0.1, 0.15) is 0 Å². The second-order valence-corrected chi connectivity index (χ2v) is 7.40. The number of sulfonamides is 1. The SMILES string of the molecule is COCCNc1ccc(S(=O)(=O)N[C@H](C)c2ccccc2)cc1C(=O)O. The fraction of sp³-hybridized carbons (Fsp3) is 0.278. The van der Waals surface area contributed by atoms with E-state index in [1.807, 2.05) is 30.3 Å². The Labute approximate surface area is 153 Å². The van der Waals surface area contributed by atoms with Gasteiger partial charge in [0, 0.05) is 25.4 Å². The van der Waals surface area contributed by atoms with Crippen LogP contribution in [-0.4, -0.2) is 39.8 Å². The Morgan fingerprint density at radius 3 is 2.50 bits per heavy atom. The van der Waals surface area contributed by atoms with E-state index in [1.165, 1.54) is 19.2 Å². The van der Waals surface area contributed by atoms with Gasteiger partial charge in [0.05, 0.1) is 17.1 Å². The van der Waals surface area contributed by atoms with E-state index in [0.29, 0.717) is 18.8 Å². The lowest BCUT2D eigenvalue weighted by atomic mass is 10.1. The Kier molecular flexibility index (Phi) is 6.73. The zero-order valence-corrected chi connectivity index (χ0v) is 15.4. The monoisotopic (exact) mass is 378 g/mol. The van der Waals surface area contributed by atoms with Crippen molar-refractivity contribution in [3.8, 4) is 0 Å². The van der Waals surface area contributed by atoms with Crippen LogP contribution in [0.1, 0.15) is 28.9 Å². The van der Waals surface area contributed by atoms with Crippen LogP contribution in [0.3, 0.4) is 0 Å². The minimum atomic E-state index is -3.87. The van der Waals surface area contributed by atoms with Gasteiger partial charge in [-0.15, -0.1) is 0 Å². The lowest BCUT2D eigenvalue weighted by molar-refractivity contribution is 0.0697. The molecule has 140 valence electrons. The number of methoxy groups -OCH3 is 1. The smallest absolute Gasteiger partial charge is 0.337 e. The van der Waals surface area contributed by atoms with E-state index in [-0.39, 0.29) is 10.5 Å². The molecule has 0 aromatic heterocycles. The predicted octanol–water partition coefficient (Wildman–Crippen LogP) is 2.48. The molecule has 0 heterocycles. The van der Waals surface area contributed by atoms with Gasteiger partial charge < -0.3 is 15.2 Å². The minimum absolute atomic E-state index is 0.102. The topological polar surface area (TPSA) is 105 Å². The zero-order chi connectivity index (χ0) is 19.2. The van der Waals surface area contributed by atoms with Gasteiger partial charge in [0.15, 0.2) is 0 Å². The Balaban J connectivity index is 2.25. The molecular weight excluding hydrogens is 356 g/mol. The van der Waals surface area contributed by atoms with Gasteiger partial charge in [0.25, 0.3) is 0 Å². The summed E-state index contributed by atoms with van der Waals surface area (Å²) in [4.78, 5) is 11.4. The predicted molar refractivity (Wildman–Crippen MR) is 98.9 cm³/mol. The third kappa shape index (κ3) is 5.04. The number of carboxylic acids is 1. The summed E-state index contributed by atoms with van der Waals surface area (Å²) in [6.07, 6.45) is 0. The van der Waals surface area contributed by atoms with Crippen molar-refractivity contribution < 1.29 is 23.1 Å². The largest absolute Gasteiger partial charge is 0.478 e. The zero-order valence-electron chi connectivity index (χ0n) is 14.6. The highest BCUT2D eigenvalue weighted by Crippen LogP contribution is 2.22. The summed E-state index contributed by atoms with van der Waals surface area (Å²) in [7, 11) is -2.33. The molecule has 7 nitrogen and oxygen atoms in total. The minimum Gasteiger partial charge on any atom is -0.478 e. The molecule has 0 aliphatic carbocycles. The highest BCUT2D eigenvalue weighted by Gasteiger charge is 2.21. The number of carbonyl (C=O) groups is 1. The van der Waals surface area contributed by atoms with Gasteiger partial charge >= 0.3 is 5.97 Å². The lowest BCUT2D eigenvalue weighted by Gasteiger charge is -2.16. The molecule has 0 bridgehead atoms. The molecule has 0 aliphatic rings. The maximum absolute atomic E-state index is 12.6. The molecule has 0 radical (unpaired) electrons. The van der Waals surface area contributed by atoms with Crippen LogP contribution < -0.4 is 10.0 Å². The molecule has 1 atom stereocenters. The van der Waals surface area contributed by atoms with Crippen molar-refractivity contribution in [1.29, 1.82) is 0 Å². The standard InChI is InChI=1S/C18H22N2O5S/c1-13(14-6-4-3-5-7-14)20-26(23,24)15-8-9-17(19-10-11-25-2)16(12-15)18(21)22/h3-9,12-13,19-20H,10-11H2,1-2H3,(H,21,22)/t13-/m1/s1. The number of rotatable bonds is 9. The number of ether oxygens (including phenoxy) is 1. The third-order valence-corrected chi connectivity index (χ3v) is 5.32. The molecule has 2 rings (SSSR count). The van der Waals surface area contributed by atoms with Crippen LogP contribution in [0, 0.1) is 0 Å². The lowest BCUT2D eigenvalue weighted by Crippen LogP contribution is -2.27. The highest BCUT2D eigenvalue weighted by atomic mass is 32.2. The van der Waals surface area contributed by atoms with Crippen molar-refractivity contribution >= 4 is 21.7 Å². The normalized spacial score (nSPS) is 12.5. The number of hydrogen-bond acceptors (Lipinski definition) is 5. The number of benzene rings is 2. The van der Waals surface area contributed by atoms with Crippen LogP contribution in [0.4, 0.5) is 5.69 Å². The van der Waals surface area contributed by atoms with Crippen LogP contribution in [0.15, 0.2) is 53.4 Å². The molecule has 0 amide bonds. The average Bonchev–Trinajstić information content (AvgIpc) is 2.62. The summed E-state index contributed by atoms with van der Waals surface area (Å²) >= 11 is 0. The third-order valence-electron chi connectivity index (χ3n) is 3.78. The van der Waals surface area contributed by atoms with Crippen LogP contribution in [-0.2, 0) is 14.8 Å². The summed E-state index contributed by atoms with van der Waals surface area (Å²) in [5.74, 6) is -1.21. The molecular formula is C18H22N2O5S. The van der Waals surface area contributed by atoms with E-state index < -0.39 is 22.0 Å². The molecule has 0 spiro atoms. The molecule has 8 heteroatoms. The average molecular weight is 378 g/mol. The first kappa shape index (κ1) is 19.9. The number of hydrogen-bond donors (Lipinski definition) is 3. The molecule has 0 fully saturated rings. The summed E-state index contributed by atoms with van der Waals surface area (Å²) < 4.78 is 32.7. The number of nitrogens with one attached hydrogen (secondary N) is 2. The van der Waals surface area contributed by atoms with Gasteiger partial charge in [-0.2, -0.15) is 0 Å². The fourth-order valence-electron chi connectivity index (χ4n) is 2.42. The quantitative estimate of drug-likeness (QED) is 0.579. The van der Waals surface area contributed by atoms with Crippen molar-refractivity contribution in [1.82, 2.24) is 4.72 Å². The molecule has 0 unspecified atom stereocenters. The summed E-state index contributed by atoms with van der Waals surface area (Å²) in [5, 5.41) is 12.3. The second kappa shape index (κ2) is 8.79. The van der Waals surface area contributed by atoms with E-state index >= 15 is 0 Å². The highest BCUT2D eigenvalue weighted by molar-refractivity contribution is 7.89. The summed E-state index contributed by atoms with van der Waals surface area (Å²) in [6.45, 7) is 2.53. The molecule has 26 heavy (non-hydrogen) atoms. The van der Waals surface area contributed by atoms with E-state index in [4.69, 9.17) is 4.74 Å². The summed E-state index contributed by atoms with van der Waals surface area (Å²) in [6, 6.07) is 12.7. The maximum atomic E-state index is 12.6. The molecule has 2 aromatic rings. The molecule has 3 N–H and O–H groups in total. The Morgan fingerprint density at radius 2 is 1.88 bits per heavy atom.